The highest BCUT2D eigenvalue weighted by Gasteiger charge is 2.20. The molecule has 0 radical (unpaired) electrons. The third-order valence-corrected chi connectivity index (χ3v) is 3.23. The Labute approximate surface area is 115 Å². The minimum Gasteiger partial charge on any atom is -0.484 e. The molecule has 1 N–H and O–H groups in total. The van der Waals surface area contributed by atoms with E-state index < -0.39 is 0 Å². The maximum absolute atomic E-state index is 6.18. The summed E-state index contributed by atoms with van der Waals surface area (Å²) in [6, 6.07) is 6.48. The van der Waals surface area contributed by atoms with E-state index in [1.807, 2.05) is 18.2 Å². The third kappa shape index (κ3) is 3.45. The number of nitrogens with one attached hydrogen (secondary N) is 1. The minimum atomic E-state index is 0.246. The molecule has 1 aromatic carbocycles. The zero-order chi connectivity index (χ0) is 13.1. The van der Waals surface area contributed by atoms with E-state index in [1.165, 1.54) is 19.2 Å². The van der Waals surface area contributed by atoms with Crippen LogP contribution in [0.3, 0.4) is 0 Å². The number of hydrogen-bond donors (Lipinski definition) is 1. The van der Waals surface area contributed by atoms with E-state index in [1.54, 1.807) is 0 Å². The van der Waals surface area contributed by atoms with Gasteiger partial charge in [0.05, 0.1) is 5.02 Å². The molecule has 3 rings (SSSR count). The number of ether oxygens (including phenoxy) is 1. The highest BCUT2D eigenvalue weighted by Crippen LogP contribution is 2.26. The van der Waals surface area contributed by atoms with Gasteiger partial charge in [0.25, 0.3) is 0 Å². The molecule has 19 heavy (non-hydrogen) atoms. The van der Waals surface area contributed by atoms with Gasteiger partial charge >= 0.3 is 0 Å². The van der Waals surface area contributed by atoms with Crippen molar-refractivity contribution in [1.82, 2.24) is 15.5 Å². The Morgan fingerprint density at radius 3 is 3.00 bits per heavy atom. The molecule has 5 nitrogen and oxygen atoms in total. The number of aromatic nitrogens is 2. The lowest BCUT2D eigenvalue weighted by atomic mass is 10.2. The Morgan fingerprint density at radius 1 is 1.42 bits per heavy atom. The Hall–Kier alpha value is -1.59. The summed E-state index contributed by atoms with van der Waals surface area (Å²) >= 11 is 6.18. The fourth-order valence-electron chi connectivity index (χ4n) is 1.72. The molecule has 100 valence electrons. The molecule has 1 aliphatic carbocycles. The Bertz CT molecular complexity index is 541. The fourth-order valence-corrected chi connectivity index (χ4v) is 1.98. The number of halogens is 1. The lowest BCUT2D eigenvalue weighted by molar-refractivity contribution is 0.286. The lowest BCUT2D eigenvalue weighted by Gasteiger charge is -2.08. The van der Waals surface area contributed by atoms with Crippen LogP contribution in [0.5, 0.6) is 5.75 Å². The van der Waals surface area contributed by atoms with Crippen LogP contribution in [0.15, 0.2) is 29.1 Å². The molecule has 0 spiro atoms. The summed E-state index contributed by atoms with van der Waals surface area (Å²) in [5.74, 6) is 1.12. The average Bonchev–Trinajstić information content (AvgIpc) is 3.10. The Morgan fingerprint density at radius 2 is 2.32 bits per heavy atom. The van der Waals surface area contributed by atoms with Crippen LogP contribution in [0.2, 0.25) is 5.02 Å². The van der Waals surface area contributed by atoms with Crippen molar-refractivity contribution in [2.24, 2.45) is 0 Å². The second-order valence-electron chi connectivity index (χ2n) is 4.56. The number of rotatable bonds is 6. The predicted molar refractivity (Wildman–Crippen MR) is 69.9 cm³/mol. The van der Waals surface area contributed by atoms with Gasteiger partial charge in [-0.25, -0.2) is 0 Å². The van der Waals surface area contributed by atoms with E-state index in [0.717, 1.165) is 12.1 Å². The monoisotopic (exact) mass is 279 g/mol. The summed E-state index contributed by atoms with van der Waals surface area (Å²) in [6.07, 6.45) is 3.83. The van der Waals surface area contributed by atoms with Gasteiger partial charge in [-0.1, -0.05) is 22.8 Å². The van der Waals surface area contributed by atoms with E-state index in [4.69, 9.17) is 16.3 Å². The average molecular weight is 280 g/mol. The van der Waals surface area contributed by atoms with Crippen LogP contribution in [0.4, 0.5) is 0 Å². The van der Waals surface area contributed by atoms with Crippen LogP contribution in [-0.2, 0) is 13.2 Å². The van der Waals surface area contributed by atoms with Crippen LogP contribution < -0.4 is 10.1 Å². The molecule has 0 aliphatic heterocycles. The standard InChI is InChI=1S/C13H14ClN3O2/c14-11-5-9(6-15-10-2-3-10)1-4-12(11)18-7-13-16-8-19-17-13/h1,4-5,8,10,15H,2-3,6-7H2. The van der Waals surface area contributed by atoms with Crippen molar-refractivity contribution >= 4 is 11.6 Å². The highest BCUT2D eigenvalue weighted by atomic mass is 35.5. The smallest absolute Gasteiger partial charge is 0.213 e. The minimum absolute atomic E-state index is 0.246. The lowest BCUT2D eigenvalue weighted by Crippen LogP contribution is -2.15. The van der Waals surface area contributed by atoms with Gasteiger partial charge in [-0.15, -0.1) is 0 Å². The van der Waals surface area contributed by atoms with Crippen LogP contribution in [0.1, 0.15) is 24.2 Å². The maximum Gasteiger partial charge on any atom is 0.213 e. The van der Waals surface area contributed by atoms with Gasteiger partial charge < -0.3 is 14.6 Å². The van der Waals surface area contributed by atoms with Gasteiger partial charge in [0.15, 0.2) is 6.61 Å². The highest BCUT2D eigenvalue weighted by molar-refractivity contribution is 6.32. The summed E-state index contributed by atoms with van der Waals surface area (Å²) in [5, 5.41) is 7.71. The van der Waals surface area contributed by atoms with Gasteiger partial charge in [-0.2, -0.15) is 4.98 Å². The van der Waals surface area contributed by atoms with Crippen molar-refractivity contribution in [3.63, 3.8) is 0 Å². The molecule has 1 fully saturated rings. The molecule has 1 aromatic heterocycles. The molecule has 1 saturated carbocycles. The zero-order valence-electron chi connectivity index (χ0n) is 10.3. The van der Waals surface area contributed by atoms with E-state index in [9.17, 15) is 0 Å². The first-order valence-electron chi connectivity index (χ1n) is 6.21. The normalized spacial score (nSPS) is 14.6. The van der Waals surface area contributed by atoms with Gasteiger partial charge in [0.1, 0.15) is 5.75 Å². The quantitative estimate of drug-likeness (QED) is 0.880. The second-order valence-corrected chi connectivity index (χ2v) is 4.96. The molecule has 2 aromatic rings. The van der Waals surface area contributed by atoms with Gasteiger partial charge in [-0.05, 0) is 30.5 Å². The Balaban J connectivity index is 1.58. The molecular formula is C13H14ClN3O2. The summed E-state index contributed by atoms with van der Waals surface area (Å²) in [4.78, 5) is 3.88. The van der Waals surface area contributed by atoms with E-state index >= 15 is 0 Å². The first-order valence-corrected chi connectivity index (χ1v) is 6.59. The molecule has 1 heterocycles. The molecular weight excluding hydrogens is 266 g/mol. The van der Waals surface area contributed by atoms with Crippen molar-refractivity contribution in [3.8, 4) is 5.75 Å². The SMILES string of the molecule is Clc1cc(CNC2CC2)ccc1OCc1ncon1. The van der Waals surface area contributed by atoms with Crippen LogP contribution >= 0.6 is 11.6 Å². The van der Waals surface area contributed by atoms with Crippen molar-refractivity contribution in [1.29, 1.82) is 0 Å². The summed E-state index contributed by atoms with van der Waals surface area (Å²) in [7, 11) is 0. The second kappa shape index (κ2) is 5.59. The first kappa shape index (κ1) is 12.4. The molecule has 0 unspecified atom stereocenters. The largest absolute Gasteiger partial charge is 0.484 e. The van der Waals surface area contributed by atoms with Crippen LogP contribution in [0, 0.1) is 0 Å². The van der Waals surface area contributed by atoms with Crippen molar-refractivity contribution in [3.05, 3.63) is 41.0 Å². The maximum atomic E-state index is 6.18. The Kier molecular flexibility index (Phi) is 3.66. The van der Waals surface area contributed by atoms with E-state index in [2.05, 4.69) is 20.0 Å². The molecule has 0 saturated heterocycles. The number of nitrogens with zero attached hydrogens (tertiary/aromatic N) is 2. The summed E-state index contributed by atoms with van der Waals surface area (Å²) in [6.45, 7) is 1.09. The van der Waals surface area contributed by atoms with E-state index in [-0.39, 0.29) is 6.61 Å². The summed E-state index contributed by atoms with van der Waals surface area (Å²) in [5.41, 5.74) is 1.16. The molecule has 0 bridgehead atoms. The van der Waals surface area contributed by atoms with Crippen molar-refractivity contribution < 1.29 is 9.26 Å². The topological polar surface area (TPSA) is 60.2 Å². The van der Waals surface area contributed by atoms with Gasteiger partial charge in [0, 0.05) is 12.6 Å². The number of hydrogen-bond acceptors (Lipinski definition) is 5. The van der Waals surface area contributed by atoms with Gasteiger partial charge in [-0.3, -0.25) is 0 Å². The third-order valence-electron chi connectivity index (χ3n) is 2.93. The molecule has 6 heteroatoms. The first-order chi connectivity index (χ1) is 9.31. The summed E-state index contributed by atoms with van der Waals surface area (Å²) < 4.78 is 10.2. The van der Waals surface area contributed by atoms with Crippen molar-refractivity contribution in [2.75, 3.05) is 0 Å². The van der Waals surface area contributed by atoms with Crippen LogP contribution in [-0.4, -0.2) is 16.2 Å². The van der Waals surface area contributed by atoms with Gasteiger partial charge in [0.2, 0.25) is 12.2 Å². The molecule has 0 amide bonds. The molecule has 0 atom stereocenters. The fraction of sp³-hybridized carbons (Fsp3) is 0.385. The predicted octanol–water partition coefficient (Wildman–Crippen LogP) is 2.55. The zero-order valence-corrected chi connectivity index (χ0v) is 11.1. The molecule has 1 aliphatic rings. The van der Waals surface area contributed by atoms with Crippen molar-refractivity contribution in [2.45, 2.75) is 32.0 Å². The van der Waals surface area contributed by atoms with E-state index in [0.29, 0.717) is 22.6 Å². The van der Waals surface area contributed by atoms with Crippen LogP contribution in [0.25, 0.3) is 0 Å². The number of benzene rings is 1.